The molecule has 15 heteroatoms. The highest BCUT2D eigenvalue weighted by atomic mass is 16.6. The molecule has 1 saturated heterocycles. The number of Topliss-reactive ketones (excluding diaryl/α,β-unsaturated/α-hetero) is 1. The molecule has 56 heavy (non-hydrogen) atoms. The van der Waals surface area contributed by atoms with Gasteiger partial charge in [-0.25, -0.2) is 14.4 Å². The minimum Gasteiger partial charge on any atom is -0.456 e. The summed E-state index contributed by atoms with van der Waals surface area (Å²) in [5.41, 5.74) is -7.97. The molecule has 1 aromatic carbocycles. The summed E-state index contributed by atoms with van der Waals surface area (Å²) in [5, 5.41) is 51.3. The number of hydrogen-bond acceptors (Lipinski definition) is 14. The fraction of sp³-hybridized carbons (Fsp3) is 0.634. The Morgan fingerprint density at radius 2 is 1.66 bits per heavy atom. The lowest BCUT2D eigenvalue weighted by molar-refractivity contribution is -0.347. The van der Waals surface area contributed by atoms with E-state index in [0.29, 0.717) is 5.56 Å². The monoisotopic (exact) mass is 785 g/mol. The molecule has 1 heterocycles. The number of esters is 3. The second-order valence-corrected chi connectivity index (χ2v) is 17.2. The number of aliphatic hydroxyl groups excluding tert-OH is 3. The van der Waals surface area contributed by atoms with Crippen LogP contribution < -0.4 is 5.32 Å². The number of alkyl carbamates (subject to hydrolysis) is 1. The standard InChI is InChI=1S/C41H55NO14/c1-11-20(2)34(48)54-33-31-39(10,25(44)17-26-40(31,19-52-26)55-22(4)43)32(47)29(45)27-21(3)24(18-41(33,51)38(27,8)9)53-35(49)30(46)28(23-15-13-12-14-16-23)42-36(50)56-37(5,6)7/h11-16,24-26,28-31,33,44-46,51H,17-19H2,1-10H3,(H,42,50)/b20-11+/t24-,25-,26+,28-,29+,30+,31-,33-,39+,40-,41+/m1/s1. The third-order valence-corrected chi connectivity index (χ3v) is 12.3. The molecule has 308 valence electrons. The van der Waals surface area contributed by atoms with Crippen molar-refractivity contribution in [2.45, 2.75) is 142 Å². The van der Waals surface area contributed by atoms with Gasteiger partial charge in [0, 0.05) is 30.8 Å². The molecule has 0 unspecified atom stereocenters. The molecule has 0 spiro atoms. The number of fused-ring (bicyclic) bond motifs is 5. The van der Waals surface area contributed by atoms with E-state index in [1.54, 1.807) is 71.9 Å². The third-order valence-electron chi connectivity index (χ3n) is 12.3. The molecule has 4 aliphatic rings. The predicted molar refractivity (Wildman–Crippen MR) is 197 cm³/mol. The van der Waals surface area contributed by atoms with E-state index < -0.39 is 112 Å². The number of benzene rings is 1. The average Bonchev–Trinajstić information content (AvgIpc) is 3.10. The molecular weight excluding hydrogens is 730 g/mol. The number of ether oxygens (including phenoxy) is 5. The van der Waals surface area contributed by atoms with Crippen LogP contribution in [-0.4, -0.2) is 110 Å². The zero-order valence-electron chi connectivity index (χ0n) is 33.6. The number of ketones is 1. The lowest BCUT2D eigenvalue weighted by atomic mass is 9.44. The lowest BCUT2D eigenvalue weighted by Crippen LogP contribution is -2.81. The highest BCUT2D eigenvalue weighted by Gasteiger charge is 2.78. The molecule has 3 aliphatic carbocycles. The number of amides is 1. The first-order valence-electron chi connectivity index (χ1n) is 18.8. The molecule has 1 aromatic rings. The molecule has 2 saturated carbocycles. The number of allylic oxidation sites excluding steroid dienone is 1. The molecule has 1 aliphatic heterocycles. The summed E-state index contributed by atoms with van der Waals surface area (Å²) in [6.45, 7) is 14.9. The normalized spacial score (nSPS) is 34.9. The van der Waals surface area contributed by atoms with Gasteiger partial charge in [0.15, 0.2) is 17.5 Å². The van der Waals surface area contributed by atoms with E-state index in [4.69, 9.17) is 23.7 Å². The van der Waals surface area contributed by atoms with Crippen LogP contribution >= 0.6 is 0 Å². The van der Waals surface area contributed by atoms with Crippen molar-refractivity contribution in [3.63, 3.8) is 0 Å². The van der Waals surface area contributed by atoms with Crippen LogP contribution in [0.15, 0.2) is 53.1 Å². The Bertz CT molecular complexity index is 1810. The third kappa shape index (κ3) is 7.06. The van der Waals surface area contributed by atoms with Crippen molar-refractivity contribution in [1.29, 1.82) is 0 Å². The maximum atomic E-state index is 14.9. The van der Waals surface area contributed by atoms with Gasteiger partial charge >= 0.3 is 24.0 Å². The molecular formula is C41H55NO14. The van der Waals surface area contributed by atoms with Crippen molar-refractivity contribution >= 4 is 29.8 Å². The van der Waals surface area contributed by atoms with E-state index in [1.807, 2.05) is 0 Å². The summed E-state index contributed by atoms with van der Waals surface area (Å²) in [4.78, 5) is 68.3. The van der Waals surface area contributed by atoms with Crippen LogP contribution in [0, 0.1) is 16.7 Å². The first kappa shape index (κ1) is 43.0. The van der Waals surface area contributed by atoms with Gasteiger partial charge in [0.25, 0.3) is 0 Å². The summed E-state index contributed by atoms with van der Waals surface area (Å²) < 4.78 is 29.3. The Morgan fingerprint density at radius 3 is 2.20 bits per heavy atom. The van der Waals surface area contributed by atoms with E-state index in [0.717, 1.165) is 6.92 Å². The van der Waals surface area contributed by atoms with Crippen molar-refractivity contribution in [2.24, 2.45) is 16.7 Å². The number of carbonyl (C=O) groups is 5. The van der Waals surface area contributed by atoms with Gasteiger partial charge in [-0.3, -0.25) is 9.59 Å². The van der Waals surface area contributed by atoms with Gasteiger partial charge in [-0.2, -0.15) is 0 Å². The van der Waals surface area contributed by atoms with Crippen molar-refractivity contribution in [3.05, 3.63) is 58.7 Å². The minimum absolute atomic E-state index is 0.0563. The van der Waals surface area contributed by atoms with Crippen LogP contribution in [0.4, 0.5) is 4.79 Å². The van der Waals surface area contributed by atoms with E-state index in [-0.39, 0.29) is 29.7 Å². The Labute approximate surface area is 326 Å². The molecule has 3 fully saturated rings. The second-order valence-electron chi connectivity index (χ2n) is 17.2. The van der Waals surface area contributed by atoms with Crippen molar-refractivity contribution in [2.75, 3.05) is 6.61 Å². The van der Waals surface area contributed by atoms with Gasteiger partial charge in [0.05, 0.1) is 30.1 Å². The van der Waals surface area contributed by atoms with E-state index in [2.05, 4.69) is 5.32 Å². The summed E-state index contributed by atoms with van der Waals surface area (Å²) in [6, 6.07) is 6.78. The molecule has 15 nitrogen and oxygen atoms in total. The molecule has 0 radical (unpaired) electrons. The van der Waals surface area contributed by atoms with Gasteiger partial charge in [-0.05, 0) is 65.2 Å². The largest absolute Gasteiger partial charge is 0.456 e. The quantitative estimate of drug-likeness (QED) is 0.111. The van der Waals surface area contributed by atoms with Crippen molar-refractivity contribution in [1.82, 2.24) is 5.32 Å². The number of rotatable bonds is 8. The Kier molecular flexibility index (Phi) is 11.5. The van der Waals surface area contributed by atoms with Crippen molar-refractivity contribution in [3.8, 4) is 0 Å². The zero-order valence-corrected chi connectivity index (χ0v) is 33.6. The highest BCUT2D eigenvalue weighted by molar-refractivity contribution is 5.94. The molecule has 5 rings (SSSR count). The number of hydrogen-bond donors (Lipinski definition) is 5. The smallest absolute Gasteiger partial charge is 0.408 e. The molecule has 1 amide bonds. The van der Waals surface area contributed by atoms with Crippen LogP contribution in [0.25, 0.3) is 0 Å². The van der Waals surface area contributed by atoms with Crippen LogP contribution in [-0.2, 0) is 42.9 Å². The highest BCUT2D eigenvalue weighted by Crippen LogP contribution is 2.64. The fourth-order valence-electron chi connectivity index (χ4n) is 9.13. The average molecular weight is 786 g/mol. The number of carbonyl (C=O) groups excluding carboxylic acids is 5. The van der Waals surface area contributed by atoms with E-state index >= 15 is 0 Å². The van der Waals surface area contributed by atoms with Crippen LogP contribution in [0.5, 0.6) is 0 Å². The van der Waals surface area contributed by atoms with Gasteiger partial charge in [-0.1, -0.05) is 50.3 Å². The fourth-order valence-corrected chi connectivity index (χ4v) is 9.13. The zero-order chi connectivity index (χ0) is 41.9. The Balaban J connectivity index is 1.66. The summed E-state index contributed by atoms with van der Waals surface area (Å²) in [6.07, 6.45) is -9.87. The molecule has 11 atom stereocenters. The van der Waals surface area contributed by atoms with Crippen LogP contribution in [0.2, 0.25) is 0 Å². The Morgan fingerprint density at radius 1 is 1.04 bits per heavy atom. The molecule has 5 N–H and O–H groups in total. The molecule has 2 bridgehead atoms. The van der Waals surface area contributed by atoms with Gasteiger partial charge in [0.1, 0.15) is 35.6 Å². The van der Waals surface area contributed by atoms with Gasteiger partial charge in [-0.15, -0.1) is 0 Å². The SMILES string of the molecule is C/C=C(\C)C(=O)O[C@@H]1[C@H]2[C@@]3(OC(C)=O)CO[C@H]3C[C@@H](O)[C@]2(C)C(=O)[C@@H](O)C2=C(C)[C@H](OC(=O)[C@@H](O)[C@H](NC(=O)OC(C)(C)C)c3ccccc3)C[C@@]1(O)C2(C)C. The predicted octanol–water partition coefficient (Wildman–Crippen LogP) is 2.91. The van der Waals surface area contributed by atoms with Gasteiger partial charge in [0.2, 0.25) is 0 Å². The van der Waals surface area contributed by atoms with Crippen molar-refractivity contribution < 1.29 is 68.1 Å². The Hall–Kier alpha value is -4.15. The lowest BCUT2D eigenvalue weighted by Gasteiger charge is -2.67. The first-order chi connectivity index (χ1) is 25.9. The van der Waals surface area contributed by atoms with E-state index in [9.17, 15) is 44.4 Å². The second kappa shape index (κ2) is 15.0. The minimum atomic E-state index is -2.33. The number of aliphatic hydroxyl groups is 4. The summed E-state index contributed by atoms with van der Waals surface area (Å²) in [7, 11) is 0. The summed E-state index contributed by atoms with van der Waals surface area (Å²) in [5.74, 6) is -5.29. The summed E-state index contributed by atoms with van der Waals surface area (Å²) >= 11 is 0. The first-order valence-corrected chi connectivity index (χ1v) is 18.8. The number of nitrogens with one attached hydrogen (secondary N) is 1. The van der Waals surface area contributed by atoms with E-state index in [1.165, 1.54) is 26.8 Å². The van der Waals surface area contributed by atoms with Gasteiger partial charge < -0.3 is 49.4 Å². The molecule has 0 aromatic heterocycles. The van der Waals surface area contributed by atoms with Crippen LogP contribution in [0.3, 0.4) is 0 Å². The maximum absolute atomic E-state index is 14.9. The maximum Gasteiger partial charge on any atom is 0.408 e. The van der Waals surface area contributed by atoms with Crippen LogP contribution in [0.1, 0.15) is 93.7 Å². The topological polar surface area (TPSA) is 224 Å².